The van der Waals surface area contributed by atoms with E-state index in [0.29, 0.717) is 36.2 Å². The predicted octanol–water partition coefficient (Wildman–Crippen LogP) is 3.83. The Morgan fingerprint density at radius 3 is 2.74 bits per heavy atom. The molecule has 7 heteroatoms. The molecule has 0 spiro atoms. The molecule has 0 radical (unpaired) electrons. The third-order valence-corrected chi connectivity index (χ3v) is 4.67. The highest BCUT2D eigenvalue weighted by atomic mass is 35.5. The topological polar surface area (TPSA) is 55.6 Å². The van der Waals surface area contributed by atoms with Crippen molar-refractivity contribution in [3.8, 4) is 0 Å². The molecule has 1 fully saturated rings. The summed E-state index contributed by atoms with van der Waals surface area (Å²) in [4.78, 5) is 14.4. The Bertz CT molecular complexity index is 552. The molecule has 0 bridgehead atoms. The van der Waals surface area contributed by atoms with Gasteiger partial charge < -0.3 is 15.4 Å². The minimum Gasteiger partial charge on any atom is -0.370 e. The van der Waals surface area contributed by atoms with Gasteiger partial charge in [-0.2, -0.15) is 0 Å². The van der Waals surface area contributed by atoms with Crippen LogP contribution in [-0.4, -0.2) is 36.0 Å². The van der Waals surface area contributed by atoms with Gasteiger partial charge in [-0.1, -0.05) is 42.6 Å². The van der Waals surface area contributed by atoms with Gasteiger partial charge in [0.05, 0.1) is 28.7 Å². The van der Waals surface area contributed by atoms with E-state index >= 15 is 0 Å². The molecule has 2 atom stereocenters. The van der Waals surface area contributed by atoms with E-state index in [0.717, 1.165) is 12.0 Å². The van der Waals surface area contributed by atoms with Gasteiger partial charge in [-0.3, -0.25) is 4.79 Å². The first-order valence-electron chi connectivity index (χ1n) is 7.50. The first-order valence-corrected chi connectivity index (χ1v) is 8.25. The summed E-state index contributed by atoms with van der Waals surface area (Å²) >= 11 is 12.0. The fourth-order valence-corrected chi connectivity index (χ4v) is 3.04. The van der Waals surface area contributed by atoms with Crippen LogP contribution in [0.2, 0.25) is 10.0 Å². The molecule has 0 aromatic heterocycles. The Morgan fingerprint density at radius 1 is 1.43 bits per heavy atom. The zero-order valence-corrected chi connectivity index (χ0v) is 15.7. The first kappa shape index (κ1) is 20.5. The van der Waals surface area contributed by atoms with Crippen molar-refractivity contribution in [2.75, 3.05) is 19.7 Å². The van der Waals surface area contributed by atoms with Crippen molar-refractivity contribution in [2.45, 2.75) is 38.3 Å². The lowest BCUT2D eigenvalue weighted by Gasteiger charge is -2.37. The number of hydrogen-bond acceptors (Lipinski definition) is 3. The van der Waals surface area contributed by atoms with Gasteiger partial charge in [-0.15, -0.1) is 12.4 Å². The number of amides is 1. The molecule has 1 amide bonds. The van der Waals surface area contributed by atoms with Crippen molar-refractivity contribution in [1.29, 1.82) is 0 Å². The first-order chi connectivity index (χ1) is 10.3. The predicted molar refractivity (Wildman–Crippen MR) is 96.5 cm³/mol. The number of ether oxygens (including phenoxy) is 1. The van der Waals surface area contributed by atoms with E-state index in [1.807, 2.05) is 13.0 Å². The van der Waals surface area contributed by atoms with Gasteiger partial charge in [-0.05, 0) is 31.0 Å². The van der Waals surface area contributed by atoms with Crippen LogP contribution in [0.1, 0.15) is 38.4 Å². The van der Waals surface area contributed by atoms with Crippen LogP contribution in [0.25, 0.3) is 0 Å². The maximum absolute atomic E-state index is 12.6. The number of carbonyl (C=O) groups is 1. The molecule has 4 nitrogen and oxygen atoms in total. The fraction of sp³-hybridized carbons (Fsp3) is 0.562. The van der Waals surface area contributed by atoms with Gasteiger partial charge in [0.1, 0.15) is 6.10 Å². The maximum Gasteiger partial charge on any atom is 0.242 e. The molecule has 1 aromatic rings. The second-order valence-electron chi connectivity index (χ2n) is 5.95. The van der Waals surface area contributed by atoms with Crippen LogP contribution in [0.4, 0.5) is 0 Å². The highest BCUT2D eigenvalue weighted by molar-refractivity contribution is 6.42. The number of hydrogen-bond donors (Lipinski definition) is 1. The summed E-state index contributed by atoms with van der Waals surface area (Å²) in [5, 5.41) is 0.993. The van der Waals surface area contributed by atoms with Crippen molar-refractivity contribution in [3.63, 3.8) is 0 Å². The van der Waals surface area contributed by atoms with E-state index < -0.39 is 5.54 Å². The van der Waals surface area contributed by atoms with Crippen LogP contribution in [-0.2, 0) is 9.53 Å². The lowest BCUT2D eigenvalue weighted by Crippen LogP contribution is -2.56. The van der Waals surface area contributed by atoms with E-state index in [9.17, 15) is 4.79 Å². The van der Waals surface area contributed by atoms with Gasteiger partial charge >= 0.3 is 0 Å². The molecular formula is C16H23Cl3N2O2. The molecule has 0 aliphatic carbocycles. The molecule has 130 valence electrons. The lowest BCUT2D eigenvalue weighted by atomic mass is 9.95. The minimum atomic E-state index is -0.825. The van der Waals surface area contributed by atoms with Crippen LogP contribution >= 0.6 is 35.6 Å². The Morgan fingerprint density at radius 2 is 2.13 bits per heavy atom. The van der Waals surface area contributed by atoms with Gasteiger partial charge in [0.2, 0.25) is 5.91 Å². The summed E-state index contributed by atoms with van der Waals surface area (Å²) in [6.45, 7) is 5.35. The summed E-state index contributed by atoms with van der Waals surface area (Å²) in [6, 6.07) is 5.41. The smallest absolute Gasteiger partial charge is 0.242 e. The third kappa shape index (κ3) is 4.97. The highest BCUT2D eigenvalue weighted by Crippen LogP contribution is 2.29. The average molecular weight is 382 g/mol. The van der Waals surface area contributed by atoms with Crippen LogP contribution in [0.3, 0.4) is 0 Å². The van der Waals surface area contributed by atoms with Gasteiger partial charge in [0, 0.05) is 6.54 Å². The molecule has 23 heavy (non-hydrogen) atoms. The average Bonchev–Trinajstić information content (AvgIpc) is 2.49. The Balaban J connectivity index is 0.00000264. The van der Waals surface area contributed by atoms with E-state index in [4.69, 9.17) is 33.7 Å². The monoisotopic (exact) mass is 380 g/mol. The van der Waals surface area contributed by atoms with Crippen molar-refractivity contribution < 1.29 is 9.53 Å². The van der Waals surface area contributed by atoms with E-state index in [1.165, 1.54) is 0 Å². The normalized spacial score (nSPS) is 20.6. The number of carbonyl (C=O) groups excluding carboxylic acids is 1. The van der Waals surface area contributed by atoms with E-state index in [2.05, 4.69) is 0 Å². The molecule has 1 heterocycles. The Labute approximate surface area is 153 Å². The van der Waals surface area contributed by atoms with Gasteiger partial charge in [0.25, 0.3) is 0 Å². The van der Waals surface area contributed by atoms with Gasteiger partial charge in [-0.25, -0.2) is 0 Å². The van der Waals surface area contributed by atoms with E-state index in [-0.39, 0.29) is 24.4 Å². The van der Waals surface area contributed by atoms with E-state index in [1.54, 1.807) is 24.0 Å². The van der Waals surface area contributed by atoms with Crippen LogP contribution in [0.5, 0.6) is 0 Å². The van der Waals surface area contributed by atoms with Gasteiger partial charge in [0.15, 0.2) is 0 Å². The highest BCUT2D eigenvalue weighted by Gasteiger charge is 2.35. The second-order valence-corrected chi connectivity index (χ2v) is 6.77. The molecule has 2 rings (SSSR count). The largest absolute Gasteiger partial charge is 0.370 e. The van der Waals surface area contributed by atoms with Crippen molar-refractivity contribution in [3.05, 3.63) is 33.8 Å². The summed E-state index contributed by atoms with van der Waals surface area (Å²) in [5.41, 5.74) is 6.25. The van der Waals surface area contributed by atoms with Crippen LogP contribution in [0.15, 0.2) is 18.2 Å². The molecule has 1 aliphatic rings. The molecule has 1 saturated heterocycles. The molecule has 2 N–H and O–H groups in total. The number of morpholine rings is 1. The number of halogens is 3. The maximum atomic E-state index is 12.6. The number of nitrogens with zero attached hydrogens (tertiary/aromatic N) is 1. The quantitative estimate of drug-likeness (QED) is 0.862. The number of benzene rings is 1. The summed E-state index contributed by atoms with van der Waals surface area (Å²) in [5.74, 6) is -0.0253. The zero-order valence-electron chi connectivity index (χ0n) is 13.4. The number of nitrogens with two attached hydrogens (primary N) is 1. The molecule has 0 saturated carbocycles. The zero-order chi connectivity index (χ0) is 16.3. The van der Waals surface area contributed by atoms with Crippen LogP contribution in [0, 0.1) is 0 Å². The minimum absolute atomic E-state index is 0. The number of rotatable bonds is 4. The summed E-state index contributed by atoms with van der Waals surface area (Å²) < 4.78 is 5.78. The summed E-state index contributed by atoms with van der Waals surface area (Å²) in [6.07, 6.45) is 1.34. The SMILES string of the molecule is CCCC(C)(N)C(=O)N1CCOC(c2ccc(Cl)c(Cl)c2)C1.Cl. The van der Waals surface area contributed by atoms with Crippen molar-refractivity contribution in [1.82, 2.24) is 4.90 Å². The molecule has 2 unspecified atom stereocenters. The molecule has 1 aromatic carbocycles. The second kappa shape index (κ2) is 8.54. The molecular weight excluding hydrogens is 359 g/mol. The summed E-state index contributed by atoms with van der Waals surface area (Å²) in [7, 11) is 0. The van der Waals surface area contributed by atoms with Crippen molar-refractivity contribution >= 4 is 41.5 Å². The Hall–Kier alpha value is -0.520. The Kier molecular flexibility index (Phi) is 7.62. The van der Waals surface area contributed by atoms with Crippen LogP contribution < -0.4 is 5.73 Å². The molecule has 1 aliphatic heterocycles. The van der Waals surface area contributed by atoms with Crippen molar-refractivity contribution in [2.24, 2.45) is 5.73 Å². The standard InChI is InChI=1S/C16H22Cl2N2O2.ClH/c1-3-6-16(2,19)15(21)20-7-8-22-14(10-20)11-4-5-12(17)13(18)9-11;/h4-5,9,14H,3,6-8,10,19H2,1-2H3;1H. The lowest BCUT2D eigenvalue weighted by molar-refractivity contribution is -0.144. The fourth-order valence-electron chi connectivity index (χ4n) is 2.74. The third-order valence-electron chi connectivity index (χ3n) is 3.93.